The van der Waals surface area contributed by atoms with Gasteiger partial charge in [-0.2, -0.15) is 0 Å². The van der Waals surface area contributed by atoms with Gasteiger partial charge >= 0.3 is 0 Å². The van der Waals surface area contributed by atoms with Gasteiger partial charge in [0.1, 0.15) is 0 Å². The molecule has 0 bridgehead atoms. The molecule has 0 aliphatic rings. The number of hydrazine groups is 1. The molecule has 0 radical (unpaired) electrons. The summed E-state index contributed by atoms with van der Waals surface area (Å²) in [7, 11) is 0. The Morgan fingerprint density at radius 3 is 2.63 bits per heavy atom. The number of nitrogens with zero attached hydrogens (tertiary/aromatic N) is 1. The molecular weight excluding hydrogens is 254 g/mol. The Hall–Kier alpha value is -1.91. The van der Waals surface area contributed by atoms with Gasteiger partial charge in [-0.05, 0) is 24.6 Å². The molecule has 0 unspecified atom stereocenters. The normalized spacial score (nSPS) is 10.8. The summed E-state index contributed by atoms with van der Waals surface area (Å²) < 4.78 is 1.20. The zero-order valence-corrected chi connectivity index (χ0v) is 11.5. The molecule has 0 fully saturated rings. The number of anilines is 1. The third-order valence-corrected chi connectivity index (χ3v) is 3.85. The highest BCUT2D eigenvalue weighted by Gasteiger charge is 2.01. The lowest BCUT2D eigenvalue weighted by atomic mass is 10.1. The van der Waals surface area contributed by atoms with Crippen LogP contribution in [0.5, 0.6) is 0 Å². The maximum Gasteiger partial charge on any atom is 0.198 e. The Morgan fingerprint density at radius 1 is 1.05 bits per heavy atom. The van der Waals surface area contributed by atoms with Gasteiger partial charge in [0, 0.05) is 6.54 Å². The van der Waals surface area contributed by atoms with Crippen molar-refractivity contribution in [3.63, 3.8) is 0 Å². The first kappa shape index (κ1) is 12.1. The largest absolute Gasteiger partial charge is 0.297 e. The van der Waals surface area contributed by atoms with E-state index in [4.69, 9.17) is 0 Å². The fraction of sp³-hybridized carbons (Fsp3) is 0.133. The van der Waals surface area contributed by atoms with E-state index in [2.05, 4.69) is 53.1 Å². The number of fused-ring (bicyclic) bond motifs is 1. The zero-order chi connectivity index (χ0) is 13.1. The Labute approximate surface area is 116 Å². The van der Waals surface area contributed by atoms with E-state index in [1.165, 1.54) is 15.8 Å². The van der Waals surface area contributed by atoms with E-state index in [-0.39, 0.29) is 0 Å². The second-order valence-electron chi connectivity index (χ2n) is 4.45. The number of rotatable bonds is 4. The molecule has 3 aromatic rings. The molecule has 0 spiro atoms. The van der Waals surface area contributed by atoms with Crippen LogP contribution in [0.4, 0.5) is 5.13 Å². The van der Waals surface area contributed by atoms with Gasteiger partial charge in [0.25, 0.3) is 0 Å². The molecule has 0 saturated carbocycles. The van der Waals surface area contributed by atoms with Crippen LogP contribution in [0.25, 0.3) is 10.2 Å². The lowest BCUT2D eigenvalue weighted by Gasteiger charge is -2.05. The summed E-state index contributed by atoms with van der Waals surface area (Å²) in [6, 6.07) is 16.6. The van der Waals surface area contributed by atoms with Crippen molar-refractivity contribution in [1.82, 2.24) is 10.4 Å². The fourth-order valence-corrected chi connectivity index (χ4v) is 2.69. The van der Waals surface area contributed by atoms with Crippen molar-refractivity contribution in [1.29, 1.82) is 0 Å². The van der Waals surface area contributed by atoms with Gasteiger partial charge in [0.2, 0.25) is 0 Å². The Balaban J connectivity index is 1.61. The van der Waals surface area contributed by atoms with E-state index in [0.29, 0.717) is 0 Å². The number of aromatic nitrogens is 1. The molecule has 3 rings (SSSR count). The van der Waals surface area contributed by atoms with Crippen LogP contribution < -0.4 is 10.9 Å². The lowest BCUT2D eigenvalue weighted by Crippen LogP contribution is -2.20. The Kier molecular flexibility index (Phi) is 3.44. The lowest BCUT2D eigenvalue weighted by molar-refractivity contribution is 0.800. The van der Waals surface area contributed by atoms with E-state index in [1.54, 1.807) is 11.3 Å². The molecule has 3 nitrogen and oxygen atoms in total. The van der Waals surface area contributed by atoms with Crippen molar-refractivity contribution in [2.75, 3.05) is 5.43 Å². The van der Waals surface area contributed by atoms with Crippen LogP contribution in [0.1, 0.15) is 11.1 Å². The molecule has 0 aliphatic heterocycles. The predicted octanol–water partition coefficient (Wildman–Crippen LogP) is 3.72. The van der Waals surface area contributed by atoms with Gasteiger partial charge in [-0.1, -0.05) is 53.3 Å². The van der Waals surface area contributed by atoms with E-state index < -0.39 is 0 Å². The highest BCUT2D eigenvalue weighted by atomic mass is 32.1. The molecule has 1 aromatic heterocycles. The summed E-state index contributed by atoms with van der Waals surface area (Å²) in [6.07, 6.45) is 0. The van der Waals surface area contributed by atoms with Crippen LogP contribution in [0.2, 0.25) is 0 Å². The minimum absolute atomic E-state index is 0.774. The number of hydrogen-bond donors (Lipinski definition) is 2. The van der Waals surface area contributed by atoms with E-state index in [1.807, 2.05) is 18.2 Å². The van der Waals surface area contributed by atoms with Crippen molar-refractivity contribution < 1.29 is 0 Å². The number of aryl methyl sites for hydroxylation is 1. The van der Waals surface area contributed by atoms with Crippen LogP contribution in [0.15, 0.2) is 48.5 Å². The average Bonchev–Trinajstić information content (AvgIpc) is 2.83. The molecule has 4 heteroatoms. The van der Waals surface area contributed by atoms with Gasteiger partial charge in [-0.15, -0.1) is 0 Å². The molecule has 96 valence electrons. The van der Waals surface area contributed by atoms with Gasteiger partial charge in [0.15, 0.2) is 5.13 Å². The van der Waals surface area contributed by atoms with Gasteiger partial charge in [-0.25, -0.2) is 10.4 Å². The smallest absolute Gasteiger partial charge is 0.198 e. The second-order valence-corrected chi connectivity index (χ2v) is 5.48. The highest BCUT2D eigenvalue weighted by molar-refractivity contribution is 7.22. The van der Waals surface area contributed by atoms with E-state index in [9.17, 15) is 0 Å². The summed E-state index contributed by atoms with van der Waals surface area (Å²) in [4.78, 5) is 4.50. The second kappa shape index (κ2) is 5.38. The first-order valence-electron chi connectivity index (χ1n) is 6.21. The minimum atomic E-state index is 0.774. The fourth-order valence-electron chi connectivity index (χ4n) is 1.85. The first-order chi connectivity index (χ1) is 9.31. The number of benzene rings is 2. The topological polar surface area (TPSA) is 37.0 Å². The van der Waals surface area contributed by atoms with E-state index >= 15 is 0 Å². The van der Waals surface area contributed by atoms with E-state index in [0.717, 1.165) is 17.2 Å². The molecule has 0 amide bonds. The predicted molar refractivity (Wildman–Crippen MR) is 81.3 cm³/mol. The van der Waals surface area contributed by atoms with Crippen molar-refractivity contribution in [2.24, 2.45) is 0 Å². The summed E-state index contributed by atoms with van der Waals surface area (Å²) >= 11 is 1.65. The monoisotopic (exact) mass is 269 g/mol. The van der Waals surface area contributed by atoms with Gasteiger partial charge in [-0.3, -0.25) is 5.43 Å². The van der Waals surface area contributed by atoms with Crippen LogP contribution in [0.3, 0.4) is 0 Å². The molecular formula is C15H15N3S. The number of nitrogens with one attached hydrogen (secondary N) is 2. The third-order valence-electron chi connectivity index (χ3n) is 2.90. The first-order valence-corrected chi connectivity index (χ1v) is 7.03. The van der Waals surface area contributed by atoms with Crippen LogP contribution in [-0.2, 0) is 6.54 Å². The van der Waals surface area contributed by atoms with Crippen LogP contribution >= 0.6 is 11.3 Å². The molecule has 0 atom stereocenters. The molecule has 2 N–H and O–H groups in total. The van der Waals surface area contributed by atoms with Crippen molar-refractivity contribution >= 4 is 26.7 Å². The Morgan fingerprint density at radius 2 is 1.84 bits per heavy atom. The maximum absolute atomic E-state index is 4.50. The summed E-state index contributed by atoms with van der Waals surface area (Å²) in [5, 5.41) is 0.897. The minimum Gasteiger partial charge on any atom is -0.297 e. The van der Waals surface area contributed by atoms with Crippen molar-refractivity contribution in [2.45, 2.75) is 13.5 Å². The van der Waals surface area contributed by atoms with Crippen molar-refractivity contribution in [3.05, 3.63) is 59.7 Å². The molecule has 19 heavy (non-hydrogen) atoms. The highest BCUT2D eigenvalue weighted by Crippen LogP contribution is 2.24. The Bertz CT molecular complexity index is 640. The summed E-state index contributed by atoms with van der Waals surface area (Å²) in [5.41, 5.74) is 9.91. The number of hydrogen-bond acceptors (Lipinski definition) is 4. The third kappa shape index (κ3) is 2.92. The number of thiazole rings is 1. The van der Waals surface area contributed by atoms with Crippen LogP contribution in [-0.4, -0.2) is 4.98 Å². The average molecular weight is 269 g/mol. The quantitative estimate of drug-likeness (QED) is 0.709. The molecule has 0 saturated heterocycles. The van der Waals surface area contributed by atoms with Crippen molar-refractivity contribution in [3.8, 4) is 0 Å². The van der Waals surface area contributed by atoms with Gasteiger partial charge in [0.05, 0.1) is 10.2 Å². The molecule has 0 aliphatic carbocycles. The van der Waals surface area contributed by atoms with Crippen LogP contribution in [0, 0.1) is 6.92 Å². The summed E-state index contributed by atoms with van der Waals surface area (Å²) in [5.74, 6) is 0. The SMILES string of the molecule is Cc1ccc(CNNc2nc3ccccc3s2)cc1. The summed E-state index contributed by atoms with van der Waals surface area (Å²) in [6.45, 7) is 2.87. The molecule has 1 heterocycles. The number of para-hydroxylation sites is 1. The molecule has 2 aromatic carbocycles. The standard InChI is InChI=1S/C15H15N3S/c1-11-6-8-12(9-7-11)10-16-18-15-17-13-4-2-3-5-14(13)19-15/h2-9,16H,10H2,1H3,(H,17,18). The maximum atomic E-state index is 4.50. The zero-order valence-electron chi connectivity index (χ0n) is 10.7. The van der Waals surface area contributed by atoms with Gasteiger partial charge < -0.3 is 0 Å².